The molecule has 0 aliphatic rings. The first kappa shape index (κ1) is 12.7. The molecule has 1 aromatic carbocycles. The van der Waals surface area contributed by atoms with Crippen LogP contribution in [0.15, 0.2) is 42.9 Å². The minimum absolute atomic E-state index is 0.602. The molecule has 0 amide bonds. The lowest BCUT2D eigenvalue weighted by Gasteiger charge is -2.04. The predicted octanol–water partition coefficient (Wildman–Crippen LogP) is 2.32. The molecule has 0 saturated carbocycles. The highest BCUT2D eigenvalue weighted by atomic mass is 15.3. The molecule has 2 aromatic heterocycles. The van der Waals surface area contributed by atoms with Gasteiger partial charge in [0.2, 0.25) is 0 Å². The Morgan fingerprint density at radius 1 is 1.10 bits per heavy atom. The topological polar surface area (TPSA) is 55.6 Å². The van der Waals surface area contributed by atoms with E-state index < -0.39 is 0 Å². The summed E-state index contributed by atoms with van der Waals surface area (Å²) in [4.78, 5) is 8.80. The molecule has 102 valence electrons. The lowest BCUT2D eigenvalue weighted by molar-refractivity contribution is 0.670. The molecule has 0 radical (unpaired) electrons. The molecule has 0 atom stereocenters. The molecule has 5 heteroatoms. The zero-order valence-electron chi connectivity index (χ0n) is 11.5. The highest BCUT2D eigenvalue weighted by Crippen LogP contribution is 2.15. The summed E-state index contributed by atoms with van der Waals surface area (Å²) in [5.74, 6) is 0.602. The fourth-order valence-corrected chi connectivity index (χ4v) is 2.09. The number of rotatable bonds is 5. The van der Waals surface area contributed by atoms with E-state index in [9.17, 15) is 0 Å². The Morgan fingerprint density at radius 3 is 2.70 bits per heavy atom. The Hall–Kier alpha value is -2.27. The number of nitrogens with zero attached hydrogens (tertiary/aromatic N) is 4. The zero-order chi connectivity index (χ0) is 13.8. The van der Waals surface area contributed by atoms with Crippen molar-refractivity contribution in [1.29, 1.82) is 0 Å². The lowest BCUT2D eigenvalue weighted by atomic mass is 10.3. The molecule has 5 nitrogen and oxygen atoms in total. The van der Waals surface area contributed by atoms with Crippen molar-refractivity contribution in [3.05, 3.63) is 48.4 Å². The molecule has 2 heterocycles. The van der Waals surface area contributed by atoms with E-state index in [1.165, 1.54) is 0 Å². The second-order valence-corrected chi connectivity index (χ2v) is 4.68. The van der Waals surface area contributed by atoms with Gasteiger partial charge in [-0.1, -0.05) is 25.1 Å². The van der Waals surface area contributed by atoms with Crippen LogP contribution in [0.4, 0.5) is 0 Å². The van der Waals surface area contributed by atoms with E-state index in [1.807, 2.05) is 42.9 Å². The molecular formula is C15H17N5. The van der Waals surface area contributed by atoms with Crippen molar-refractivity contribution in [2.75, 3.05) is 6.54 Å². The highest BCUT2D eigenvalue weighted by Gasteiger charge is 2.06. The maximum atomic E-state index is 4.40. The summed E-state index contributed by atoms with van der Waals surface area (Å²) >= 11 is 0. The van der Waals surface area contributed by atoms with Gasteiger partial charge in [0.05, 0.1) is 11.7 Å². The van der Waals surface area contributed by atoms with Crippen molar-refractivity contribution in [1.82, 2.24) is 25.1 Å². The van der Waals surface area contributed by atoms with Gasteiger partial charge in [-0.3, -0.25) is 0 Å². The largest absolute Gasteiger partial charge is 0.313 e. The average Bonchev–Trinajstić information content (AvgIpc) is 2.92. The fourth-order valence-electron chi connectivity index (χ4n) is 2.09. The van der Waals surface area contributed by atoms with E-state index in [0.29, 0.717) is 5.95 Å². The van der Waals surface area contributed by atoms with Crippen molar-refractivity contribution in [3.8, 4) is 5.95 Å². The van der Waals surface area contributed by atoms with E-state index in [0.717, 1.165) is 36.0 Å². The van der Waals surface area contributed by atoms with Crippen molar-refractivity contribution >= 4 is 10.9 Å². The average molecular weight is 267 g/mol. The zero-order valence-corrected chi connectivity index (χ0v) is 11.5. The second kappa shape index (κ2) is 5.79. The Morgan fingerprint density at radius 2 is 1.90 bits per heavy atom. The second-order valence-electron chi connectivity index (χ2n) is 4.68. The normalized spacial score (nSPS) is 11.1. The summed E-state index contributed by atoms with van der Waals surface area (Å²) in [5.41, 5.74) is 2.10. The minimum atomic E-state index is 0.602. The third kappa shape index (κ3) is 2.53. The van der Waals surface area contributed by atoms with Gasteiger partial charge < -0.3 is 5.32 Å². The van der Waals surface area contributed by atoms with Crippen LogP contribution in [0.25, 0.3) is 16.9 Å². The van der Waals surface area contributed by atoms with Gasteiger partial charge in [0.15, 0.2) is 0 Å². The van der Waals surface area contributed by atoms with Gasteiger partial charge in [-0.15, -0.1) is 0 Å². The summed E-state index contributed by atoms with van der Waals surface area (Å²) in [6.07, 6.45) is 6.65. The van der Waals surface area contributed by atoms with Crippen LogP contribution in [0.3, 0.4) is 0 Å². The Kier molecular flexibility index (Phi) is 3.69. The Bertz CT molecular complexity index is 687. The molecule has 3 aromatic rings. The van der Waals surface area contributed by atoms with E-state index in [-0.39, 0.29) is 0 Å². The quantitative estimate of drug-likeness (QED) is 0.721. The molecule has 0 bridgehead atoms. The van der Waals surface area contributed by atoms with Gasteiger partial charge >= 0.3 is 0 Å². The van der Waals surface area contributed by atoms with Crippen molar-refractivity contribution in [2.45, 2.75) is 19.9 Å². The standard InChI is InChI=1S/C15H17N5/c1-2-7-16-8-12-9-17-15(18-10-12)20-14-6-4-3-5-13(14)11-19-20/h3-6,9-11,16H,2,7-8H2,1H3. The number of aromatic nitrogens is 4. The number of nitrogens with one attached hydrogen (secondary N) is 1. The molecule has 1 N–H and O–H groups in total. The number of para-hydroxylation sites is 1. The highest BCUT2D eigenvalue weighted by molar-refractivity contribution is 5.79. The third-order valence-electron chi connectivity index (χ3n) is 3.11. The first-order chi connectivity index (χ1) is 9.88. The van der Waals surface area contributed by atoms with Gasteiger partial charge in [0.25, 0.3) is 5.95 Å². The number of fused-ring (bicyclic) bond motifs is 1. The smallest absolute Gasteiger partial charge is 0.251 e. The predicted molar refractivity (Wildman–Crippen MR) is 78.7 cm³/mol. The van der Waals surface area contributed by atoms with Gasteiger partial charge in [-0.05, 0) is 19.0 Å². The summed E-state index contributed by atoms with van der Waals surface area (Å²) in [6, 6.07) is 8.03. The van der Waals surface area contributed by atoms with Gasteiger partial charge in [-0.2, -0.15) is 9.78 Å². The number of hydrogen-bond donors (Lipinski definition) is 1. The maximum absolute atomic E-state index is 4.40. The van der Waals surface area contributed by atoms with Crippen LogP contribution in [0.5, 0.6) is 0 Å². The van der Waals surface area contributed by atoms with E-state index in [4.69, 9.17) is 0 Å². The monoisotopic (exact) mass is 267 g/mol. The van der Waals surface area contributed by atoms with E-state index in [2.05, 4.69) is 27.3 Å². The minimum Gasteiger partial charge on any atom is -0.313 e. The number of hydrogen-bond acceptors (Lipinski definition) is 4. The molecule has 0 fully saturated rings. The van der Waals surface area contributed by atoms with E-state index >= 15 is 0 Å². The summed E-state index contributed by atoms with van der Waals surface area (Å²) in [5, 5.41) is 8.77. The van der Waals surface area contributed by atoms with Crippen LogP contribution in [0, 0.1) is 0 Å². The van der Waals surface area contributed by atoms with E-state index in [1.54, 1.807) is 4.68 Å². The first-order valence-corrected chi connectivity index (χ1v) is 6.83. The Labute approximate surface area is 117 Å². The first-order valence-electron chi connectivity index (χ1n) is 6.83. The molecule has 0 aliphatic carbocycles. The van der Waals surface area contributed by atoms with Crippen molar-refractivity contribution in [2.24, 2.45) is 0 Å². The van der Waals surface area contributed by atoms with Crippen LogP contribution >= 0.6 is 0 Å². The van der Waals surface area contributed by atoms with Gasteiger partial charge in [-0.25, -0.2) is 9.97 Å². The summed E-state index contributed by atoms with van der Waals surface area (Å²) in [6.45, 7) is 3.95. The van der Waals surface area contributed by atoms with Crippen LogP contribution < -0.4 is 5.32 Å². The van der Waals surface area contributed by atoms with Gasteiger partial charge in [0, 0.05) is 29.9 Å². The van der Waals surface area contributed by atoms with Crippen molar-refractivity contribution in [3.63, 3.8) is 0 Å². The molecule has 0 unspecified atom stereocenters. The molecular weight excluding hydrogens is 250 g/mol. The molecule has 20 heavy (non-hydrogen) atoms. The Balaban J connectivity index is 1.84. The van der Waals surface area contributed by atoms with Crippen LogP contribution in [-0.4, -0.2) is 26.3 Å². The lowest BCUT2D eigenvalue weighted by Crippen LogP contribution is -2.14. The molecule has 0 aliphatic heterocycles. The molecule has 0 spiro atoms. The van der Waals surface area contributed by atoms with Crippen LogP contribution in [0.1, 0.15) is 18.9 Å². The summed E-state index contributed by atoms with van der Waals surface area (Å²) < 4.78 is 1.76. The van der Waals surface area contributed by atoms with Crippen molar-refractivity contribution < 1.29 is 0 Å². The van der Waals surface area contributed by atoms with Crippen LogP contribution in [-0.2, 0) is 6.54 Å². The maximum Gasteiger partial charge on any atom is 0.251 e. The third-order valence-corrected chi connectivity index (χ3v) is 3.11. The van der Waals surface area contributed by atoms with Crippen LogP contribution in [0.2, 0.25) is 0 Å². The number of benzene rings is 1. The molecule has 3 rings (SSSR count). The SMILES string of the molecule is CCCNCc1cnc(-n2ncc3ccccc32)nc1. The molecule has 0 saturated heterocycles. The van der Waals surface area contributed by atoms with Gasteiger partial charge in [0.1, 0.15) is 0 Å². The summed E-state index contributed by atoms with van der Waals surface area (Å²) in [7, 11) is 0. The fraction of sp³-hybridized carbons (Fsp3) is 0.267.